The average molecular weight is 396 g/mol. The van der Waals surface area contributed by atoms with Crippen LogP contribution in [-0.4, -0.2) is 43.3 Å². The lowest BCUT2D eigenvalue weighted by Crippen LogP contribution is -2.35. The number of benzene rings is 1. The Kier molecular flexibility index (Phi) is 6.17. The second-order valence-corrected chi connectivity index (χ2v) is 8.89. The van der Waals surface area contributed by atoms with Gasteiger partial charge in [-0.2, -0.15) is 4.31 Å². The highest BCUT2D eigenvalue weighted by Gasteiger charge is 2.25. The molecule has 2 rings (SSSR count). The van der Waals surface area contributed by atoms with Gasteiger partial charge in [0.15, 0.2) is 0 Å². The molecule has 0 unspecified atom stereocenters. The van der Waals surface area contributed by atoms with E-state index >= 15 is 0 Å². The lowest BCUT2D eigenvalue weighted by molar-refractivity contribution is -0.116. The molecule has 1 aromatic heterocycles. The third kappa shape index (κ3) is 4.12. The first-order valence-corrected chi connectivity index (χ1v) is 10.1. The van der Waals surface area contributed by atoms with Gasteiger partial charge in [-0.15, -0.1) is 11.3 Å². The number of carboxylic acid groups (broad SMARTS) is 1. The SMILES string of the molecule is CCc1c(C)sc(NC(=O)CN(C)S(=O)(=O)c2ccccc2)c1C(=O)O. The van der Waals surface area contributed by atoms with E-state index in [9.17, 15) is 23.1 Å². The number of likely N-dealkylation sites (N-methyl/N-ethyl adjacent to an activating group) is 1. The number of rotatable bonds is 7. The van der Waals surface area contributed by atoms with E-state index in [1.165, 1.54) is 30.5 Å². The summed E-state index contributed by atoms with van der Waals surface area (Å²) in [5.74, 6) is -1.72. The fraction of sp³-hybridized carbons (Fsp3) is 0.294. The van der Waals surface area contributed by atoms with Gasteiger partial charge in [0, 0.05) is 11.9 Å². The zero-order valence-corrected chi connectivity index (χ0v) is 16.3. The van der Waals surface area contributed by atoms with Crippen molar-refractivity contribution in [3.05, 3.63) is 46.3 Å². The molecule has 0 aliphatic heterocycles. The van der Waals surface area contributed by atoms with E-state index in [-0.39, 0.29) is 15.5 Å². The normalized spacial score (nSPS) is 11.5. The van der Waals surface area contributed by atoms with Crippen molar-refractivity contribution < 1.29 is 23.1 Å². The smallest absolute Gasteiger partial charge is 0.339 e. The minimum atomic E-state index is -3.80. The van der Waals surface area contributed by atoms with E-state index in [2.05, 4.69) is 5.32 Å². The third-order valence-electron chi connectivity index (χ3n) is 3.85. The lowest BCUT2D eigenvalue weighted by atomic mass is 10.1. The van der Waals surface area contributed by atoms with Crippen LogP contribution in [0, 0.1) is 6.92 Å². The van der Waals surface area contributed by atoms with Crippen LogP contribution in [0.25, 0.3) is 0 Å². The van der Waals surface area contributed by atoms with Gasteiger partial charge in [0.1, 0.15) is 5.00 Å². The Morgan fingerprint density at radius 1 is 1.23 bits per heavy atom. The molecular weight excluding hydrogens is 376 g/mol. The van der Waals surface area contributed by atoms with Gasteiger partial charge in [0.05, 0.1) is 17.0 Å². The molecule has 0 fully saturated rings. The van der Waals surface area contributed by atoms with Crippen LogP contribution < -0.4 is 5.32 Å². The number of nitrogens with zero attached hydrogens (tertiary/aromatic N) is 1. The molecule has 0 saturated carbocycles. The van der Waals surface area contributed by atoms with E-state index in [1.54, 1.807) is 25.1 Å². The highest BCUT2D eigenvalue weighted by atomic mass is 32.2. The predicted molar refractivity (Wildman–Crippen MR) is 100 cm³/mol. The van der Waals surface area contributed by atoms with Crippen LogP contribution in [0.1, 0.15) is 27.7 Å². The Labute approximate surface area is 156 Å². The van der Waals surface area contributed by atoms with Gasteiger partial charge in [-0.25, -0.2) is 13.2 Å². The van der Waals surface area contributed by atoms with Crippen molar-refractivity contribution in [2.75, 3.05) is 18.9 Å². The summed E-state index contributed by atoms with van der Waals surface area (Å²) in [5.41, 5.74) is 0.736. The van der Waals surface area contributed by atoms with E-state index in [0.717, 1.165) is 9.18 Å². The van der Waals surface area contributed by atoms with Gasteiger partial charge in [0.25, 0.3) is 0 Å². The number of carboxylic acids is 1. The molecule has 9 heteroatoms. The second kappa shape index (κ2) is 7.98. The van der Waals surface area contributed by atoms with Crippen LogP contribution in [0.5, 0.6) is 0 Å². The van der Waals surface area contributed by atoms with E-state index in [0.29, 0.717) is 12.0 Å². The first-order valence-electron chi connectivity index (χ1n) is 7.85. The summed E-state index contributed by atoms with van der Waals surface area (Å²) in [6, 6.07) is 7.79. The number of carbonyl (C=O) groups is 2. The number of hydrogen-bond acceptors (Lipinski definition) is 5. The third-order valence-corrected chi connectivity index (χ3v) is 6.73. The maximum absolute atomic E-state index is 12.5. The van der Waals surface area contributed by atoms with Crippen LogP contribution in [0.15, 0.2) is 35.2 Å². The summed E-state index contributed by atoms with van der Waals surface area (Å²) in [6.45, 7) is 3.21. The predicted octanol–water partition coefficient (Wildman–Crippen LogP) is 2.58. The monoisotopic (exact) mass is 396 g/mol. The summed E-state index contributed by atoms with van der Waals surface area (Å²) in [4.78, 5) is 24.7. The molecular formula is C17H20N2O5S2. The molecule has 7 nitrogen and oxygen atoms in total. The largest absolute Gasteiger partial charge is 0.478 e. The van der Waals surface area contributed by atoms with Crippen LogP contribution in [0.3, 0.4) is 0 Å². The number of thiophene rings is 1. The van der Waals surface area contributed by atoms with Gasteiger partial charge in [-0.3, -0.25) is 4.79 Å². The number of carbonyl (C=O) groups excluding carboxylic acids is 1. The quantitative estimate of drug-likeness (QED) is 0.749. The maximum Gasteiger partial charge on any atom is 0.339 e. The molecule has 1 aromatic carbocycles. The lowest BCUT2D eigenvalue weighted by Gasteiger charge is -2.16. The second-order valence-electron chi connectivity index (χ2n) is 5.62. The summed E-state index contributed by atoms with van der Waals surface area (Å²) in [5, 5.41) is 12.2. The van der Waals surface area contributed by atoms with Crippen molar-refractivity contribution >= 4 is 38.2 Å². The van der Waals surface area contributed by atoms with E-state index in [1.807, 2.05) is 6.92 Å². The Hall–Kier alpha value is -2.23. The first kappa shape index (κ1) is 20.1. The number of sulfonamides is 1. The highest BCUT2D eigenvalue weighted by Crippen LogP contribution is 2.33. The fourth-order valence-corrected chi connectivity index (χ4v) is 4.85. The van der Waals surface area contributed by atoms with Gasteiger partial charge in [0.2, 0.25) is 15.9 Å². The van der Waals surface area contributed by atoms with Gasteiger partial charge in [-0.05, 0) is 31.0 Å². The van der Waals surface area contributed by atoms with Crippen LogP contribution >= 0.6 is 11.3 Å². The molecule has 0 saturated heterocycles. The zero-order chi connectivity index (χ0) is 19.5. The highest BCUT2D eigenvalue weighted by molar-refractivity contribution is 7.89. The van der Waals surface area contributed by atoms with E-state index < -0.39 is 28.4 Å². The number of aromatic carboxylic acids is 1. The molecule has 1 amide bonds. The molecule has 26 heavy (non-hydrogen) atoms. The van der Waals surface area contributed by atoms with Crippen LogP contribution in [-0.2, 0) is 21.2 Å². The van der Waals surface area contributed by atoms with Crippen molar-refractivity contribution in [3.8, 4) is 0 Å². The molecule has 0 radical (unpaired) electrons. The maximum atomic E-state index is 12.5. The van der Waals surface area contributed by atoms with Crippen molar-refractivity contribution in [1.82, 2.24) is 4.31 Å². The molecule has 0 spiro atoms. The average Bonchev–Trinajstić information content (AvgIpc) is 2.90. The first-order chi connectivity index (χ1) is 12.2. The van der Waals surface area contributed by atoms with Crippen molar-refractivity contribution in [2.24, 2.45) is 0 Å². The molecule has 2 N–H and O–H groups in total. The molecule has 0 bridgehead atoms. The number of amides is 1. The molecule has 2 aromatic rings. The van der Waals surface area contributed by atoms with Crippen LogP contribution in [0.4, 0.5) is 5.00 Å². The number of nitrogens with one attached hydrogen (secondary N) is 1. The zero-order valence-electron chi connectivity index (χ0n) is 14.6. The van der Waals surface area contributed by atoms with Crippen molar-refractivity contribution in [2.45, 2.75) is 25.2 Å². The van der Waals surface area contributed by atoms with Crippen molar-refractivity contribution in [1.29, 1.82) is 0 Å². The fourth-order valence-electron chi connectivity index (χ4n) is 2.54. The van der Waals surface area contributed by atoms with Crippen LogP contribution in [0.2, 0.25) is 0 Å². The van der Waals surface area contributed by atoms with Gasteiger partial charge >= 0.3 is 5.97 Å². The molecule has 0 atom stereocenters. The molecule has 0 aliphatic rings. The Morgan fingerprint density at radius 2 is 1.85 bits per heavy atom. The number of anilines is 1. The Bertz CT molecular complexity index is 920. The molecule has 1 heterocycles. The Balaban J connectivity index is 2.18. The van der Waals surface area contributed by atoms with Gasteiger partial charge in [-0.1, -0.05) is 25.1 Å². The summed E-state index contributed by atoms with van der Waals surface area (Å²) in [7, 11) is -2.50. The number of aryl methyl sites for hydroxylation is 1. The topological polar surface area (TPSA) is 104 Å². The Morgan fingerprint density at radius 3 is 2.38 bits per heavy atom. The molecule has 0 aliphatic carbocycles. The minimum Gasteiger partial charge on any atom is -0.478 e. The summed E-state index contributed by atoms with van der Waals surface area (Å²) >= 11 is 1.17. The minimum absolute atomic E-state index is 0.0666. The van der Waals surface area contributed by atoms with Gasteiger partial charge < -0.3 is 10.4 Å². The summed E-state index contributed by atoms with van der Waals surface area (Å²) in [6.07, 6.45) is 0.530. The van der Waals surface area contributed by atoms with E-state index in [4.69, 9.17) is 0 Å². The molecule has 140 valence electrons. The van der Waals surface area contributed by atoms with Crippen molar-refractivity contribution in [3.63, 3.8) is 0 Å². The number of hydrogen-bond donors (Lipinski definition) is 2. The standard InChI is InChI=1S/C17H20N2O5S2/c1-4-13-11(2)25-16(15(13)17(21)22)18-14(20)10-19(3)26(23,24)12-8-6-5-7-9-12/h5-9H,4,10H2,1-3H3,(H,18,20)(H,21,22). The summed E-state index contributed by atoms with van der Waals surface area (Å²) < 4.78 is 25.8.